The summed E-state index contributed by atoms with van der Waals surface area (Å²) in [6, 6.07) is 3.79. The molecule has 3 rings (SSSR count). The summed E-state index contributed by atoms with van der Waals surface area (Å²) >= 11 is 1.37. The van der Waals surface area contributed by atoms with Crippen molar-refractivity contribution in [1.29, 1.82) is 0 Å². The number of carbonyl (C=O) groups is 1. The van der Waals surface area contributed by atoms with Crippen LogP contribution in [0, 0.1) is 0 Å². The van der Waals surface area contributed by atoms with E-state index >= 15 is 0 Å². The summed E-state index contributed by atoms with van der Waals surface area (Å²) < 4.78 is 0. The van der Waals surface area contributed by atoms with Crippen molar-refractivity contribution in [3.63, 3.8) is 0 Å². The molecule has 1 aliphatic rings. The van der Waals surface area contributed by atoms with Crippen LogP contribution in [0.3, 0.4) is 0 Å². The molecule has 2 aromatic rings. The second kappa shape index (κ2) is 4.47. The molecule has 1 aliphatic carbocycles. The van der Waals surface area contributed by atoms with Gasteiger partial charge in [0.25, 0.3) is 5.91 Å². The fraction of sp³-hybridized carbons (Fsp3) is 0.250. The van der Waals surface area contributed by atoms with Crippen LogP contribution in [0.25, 0.3) is 10.6 Å². The molecule has 0 bridgehead atoms. The Labute approximate surface area is 108 Å². The standard InChI is InChI=1S/C12H12N4OS/c13-16-11(17)10-9(7-3-4-7)15-12(18-10)8-2-1-5-14-6-8/h1-2,5-7H,3-4,13H2,(H,16,17). The molecule has 1 fully saturated rings. The molecule has 0 aromatic carbocycles. The van der Waals surface area contributed by atoms with Crippen LogP contribution >= 0.6 is 11.3 Å². The van der Waals surface area contributed by atoms with Gasteiger partial charge in [-0.3, -0.25) is 15.2 Å². The van der Waals surface area contributed by atoms with E-state index in [9.17, 15) is 4.79 Å². The maximum atomic E-state index is 11.7. The van der Waals surface area contributed by atoms with Crippen LogP contribution in [0.15, 0.2) is 24.5 Å². The van der Waals surface area contributed by atoms with Crippen LogP contribution in [0.5, 0.6) is 0 Å². The van der Waals surface area contributed by atoms with Gasteiger partial charge >= 0.3 is 0 Å². The minimum atomic E-state index is -0.260. The van der Waals surface area contributed by atoms with E-state index in [0.29, 0.717) is 10.8 Å². The van der Waals surface area contributed by atoms with Gasteiger partial charge in [0, 0.05) is 23.9 Å². The van der Waals surface area contributed by atoms with Gasteiger partial charge in [0.05, 0.1) is 5.69 Å². The number of nitrogens with two attached hydrogens (primary N) is 1. The van der Waals surface area contributed by atoms with Gasteiger partial charge in [-0.1, -0.05) is 0 Å². The molecule has 0 atom stereocenters. The van der Waals surface area contributed by atoms with Gasteiger partial charge in [0.15, 0.2) is 0 Å². The Kier molecular flexibility index (Phi) is 2.81. The minimum Gasteiger partial charge on any atom is -0.289 e. The largest absolute Gasteiger partial charge is 0.289 e. The van der Waals surface area contributed by atoms with E-state index < -0.39 is 0 Å². The van der Waals surface area contributed by atoms with Crippen molar-refractivity contribution >= 4 is 17.2 Å². The summed E-state index contributed by atoms with van der Waals surface area (Å²) in [6.07, 6.45) is 5.66. The van der Waals surface area contributed by atoms with E-state index in [2.05, 4.69) is 15.4 Å². The lowest BCUT2D eigenvalue weighted by atomic mass is 10.2. The first-order valence-corrected chi connectivity index (χ1v) is 6.53. The number of rotatable bonds is 3. The van der Waals surface area contributed by atoms with Crippen LogP contribution < -0.4 is 11.3 Å². The molecule has 18 heavy (non-hydrogen) atoms. The summed E-state index contributed by atoms with van der Waals surface area (Å²) in [7, 11) is 0. The van der Waals surface area contributed by atoms with E-state index in [1.54, 1.807) is 12.4 Å². The molecule has 1 saturated carbocycles. The quantitative estimate of drug-likeness (QED) is 0.500. The third kappa shape index (κ3) is 2.00. The smallest absolute Gasteiger partial charge is 0.277 e. The average molecular weight is 260 g/mol. The maximum Gasteiger partial charge on any atom is 0.277 e. The zero-order valence-electron chi connectivity index (χ0n) is 9.59. The molecule has 5 nitrogen and oxygen atoms in total. The Morgan fingerprint density at radius 3 is 2.94 bits per heavy atom. The molecule has 2 aromatic heterocycles. The Morgan fingerprint density at radius 2 is 2.33 bits per heavy atom. The van der Waals surface area contributed by atoms with E-state index in [1.165, 1.54) is 11.3 Å². The molecular formula is C12H12N4OS. The van der Waals surface area contributed by atoms with Crippen molar-refractivity contribution in [2.75, 3.05) is 0 Å². The van der Waals surface area contributed by atoms with Gasteiger partial charge in [0.1, 0.15) is 9.88 Å². The fourth-order valence-corrected chi connectivity index (χ4v) is 2.85. The number of nitrogens with one attached hydrogen (secondary N) is 1. The molecule has 0 saturated heterocycles. The number of thiazole rings is 1. The van der Waals surface area contributed by atoms with Crippen molar-refractivity contribution in [2.45, 2.75) is 18.8 Å². The minimum absolute atomic E-state index is 0.260. The number of hydrogen-bond donors (Lipinski definition) is 2. The lowest BCUT2D eigenvalue weighted by Crippen LogP contribution is -2.29. The Bertz CT molecular complexity index is 577. The molecule has 1 amide bonds. The average Bonchev–Trinajstić information content (AvgIpc) is 3.18. The van der Waals surface area contributed by atoms with Gasteiger partial charge in [-0.25, -0.2) is 10.8 Å². The molecule has 6 heteroatoms. The summed E-state index contributed by atoms with van der Waals surface area (Å²) in [5.41, 5.74) is 3.99. The van der Waals surface area contributed by atoms with Crippen molar-refractivity contribution in [1.82, 2.24) is 15.4 Å². The predicted octanol–water partition coefficient (Wildman–Crippen LogP) is 1.69. The molecule has 0 radical (unpaired) electrons. The highest BCUT2D eigenvalue weighted by molar-refractivity contribution is 7.17. The first-order valence-electron chi connectivity index (χ1n) is 5.71. The number of amides is 1. The van der Waals surface area contributed by atoms with Crippen molar-refractivity contribution in [3.8, 4) is 10.6 Å². The SMILES string of the molecule is NNC(=O)c1sc(-c2cccnc2)nc1C1CC1. The fourth-order valence-electron chi connectivity index (χ4n) is 1.81. The van der Waals surface area contributed by atoms with Crippen LogP contribution in [-0.2, 0) is 0 Å². The third-order valence-corrected chi connectivity index (χ3v) is 3.98. The lowest BCUT2D eigenvalue weighted by molar-refractivity contribution is 0.0956. The highest BCUT2D eigenvalue weighted by Gasteiger charge is 2.32. The van der Waals surface area contributed by atoms with Crippen molar-refractivity contribution < 1.29 is 4.79 Å². The molecule has 0 aliphatic heterocycles. The second-order valence-electron chi connectivity index (χ2n) is 4.22. The second-order valence-corrected chi connectivity index (χ2v) is 5.22. The van der Waals surface area contributed by atoms with E-state index in [-0.39, 0.29) is 5.91 Å². The Morgan fingerprint density at radius 1 is 1.50 bits per heavy atom. The third-order valence-electron chi connectivity index (χ3n) is 2.86. The zero-order chi connectivity index (χ0) is 12.5. The highest BCUT2D eigenvalue weighted by Crippen LogP contribution is 2.44. The number of aromatic nitrogens is 2. The van der Waals surface area contributed by atoms with Gasteiger partial charge in [-0.2, -0.15) is 0 Å². The normalized spacial score (nSPS) is 14.5. The van der Waals surface area contributed by atoms with Crippen molar-refractivity contribution in [2.24, 2.45) is 5.84 Å². The van der Waals surface area contributed by atoms with E-state index in [0.717, 1.165) is 29.1 Å². The Balaban J connectivity index is 2.04. The van der Waals surface area contributed by atoms with Gasteiger partial charge in [-0.05, 0) is 25.0 Å². The number of carbonyl (C=O) groups excluding carboxylic acids is 1. The first-order chi connectivity index (χ1) is 8.79. The van der Waals surface area contributed by atoms with Gasteiger partial charge < -0.3 is 0 Å². The maximum absolute atomic E-state index is 11.7. The number of hydrazine groups is 1. The molecule has 0 spiro atoms. The summed E-state index contributed by atoms with van der Waals surface area (Å²) in [5, 5.41) is 0.823. The molecule has 92 valence electrons. The number of nitrogens with zero attached hydrogens (tertiary/aromatic N) is 2. The molecule has 0 unspecified atom stereocenters. The highest BCUT2D eigenvalue weighted by atomic mass is 32.1. The Hall–Kier alpha value is -1.79. The van der Waals surface area contributed by atoms with E-state index in [4.69, 9.17) is 5.84 Å². The molecule has 2 heterocycles. The lowest BCUT2D eigenvalue weighted by Gasteiger charge is -1.97. The molecular weight excluding hydrogens is 248 g/mol. The summed E-state index contributed by atoms with van der Waals surface area (Å²) in [6.45, 7) is 0. The topological polar surface area (TPSA) is 80.9 Å². The van der Waals surface area contributed by atoms with Crippen LogP contribution in [-0.4, -0.2) is 15.9 Å². The van der Waals surface area contributed by atoms with Crippen LogP contribution in [0.4, 0.5) is 0 Å². The number of pyridine rings is 1. The predicted molar refractivity (Wildman–Crippen MR) is 69.0 cm³/mol. The number of nitrogen functional groups attached to an aromatic ring is 1. The van der Waals surface area contributed by atoms with Gasteiger partial charge in [0.2, 0.25) is 0 Å². The zero-order valence-corrected chi connectivity index (χ0v) is 10.4. The molecule has 3 N–H and O–H groups in total. The monoisotopic (exact) mass is 260 g/mol. The van der Waals surface area contributed by atoms with Crippen LogP contribution in [0.1, 0.15) is 34.1 Å². The van der Waals surface area contributed by atoms with Crippen LogP contribution in [0.2, 0.25) is 0 Å². The summed E-state index contributed by atoms with van der Waals surface area (Å²) in [4.78, 5) is 21.0. The van der Waals surface area contributed by atoms with E-state index in [1.807, 2.05) is 12.1 Å². The van der Waals surface area contributed by atoms with Crippen molar-refractivity contribution in [3.05, 3.63) is 35.1 Å². The number of hydrogen-bond acceptors (Lipinski definition) is 5. The van der Waals surface area contributed by atoms with Gasteiger partial charge in [-0.15, -0.1) is 11.3 Å². The first kappa shape index (κ1) is 11.3. The summed E-state index contributed by atoms with van der Waals surface area (Å²) in [5.74, 6) is 5.36.